The lowest BCUT2D eigenvalue weighted by Gasteiger charge is -2.16. The van der Waals surface area contributed by atoms with E-state index < -0.39 is 0 Å². The van der Waals surface area contributed by atoms with Crippen LogP contribution in [0.5, 0.6) is 5.75 Å². The smallest absolute Gasteiger partial charge is 0.115 e. The fourth-order valence-electron chi connectivity index (χ4n) is 2.47. The number of phenolic OH excluding ortho intramolecular Hbond substituents is 1. The van der Waals surface area contributed by atoms with Crippen LogP contribution in [0.25, 0.3) is 0 Å². The Balaban J connectivity index is 1.93. The fourth-order valence-corrected chi connectivity index (χ4v) is 2.47. The monoisotopic (exact) mass is 283 g/mol. The molecule has 0 spiro atoms. The van der Waals surface area contributed by atoms with Crippen molar-refractivity contribution in [2.24, 2.45) is 0 Å². The first kappa shape index (κ1) is 15.4. The number of aromatic hydroxyl groups is 1. The molecule has 2 heteroatoms. The van der Waals surface area contributed by atoms with E-state index in [1.165, 1.54) is 24.8 Å². The van der Waals surface area contributed by atoms with Gasteiger partial charge < -0.3 is 10.4 Å². The van der Waals surface area contributed by atoms with Gasteiger partial charge in [-0.3, -0.25) is 0 Å². The van der Waals surface area contributed by atoms with Gasteiger partial charge in [0, 0.05) is 11.7 Å². The molecule has 2 aromatic rings. The number of hydrogen-bond donors (Lipinski definition) is 2. The quantitative estimate of drug-likeness (QED) is 0.676. The van der Waals surface area contributed by atoms with E-state index in [2.05, 4.69) is 43.4 Å². The first-order valence-corrected chi connectivity index (χ1v) is 7.83. The molecule has 2 N–H and O–H groups in total. The number of unbranched alkanes of at least 4 members (excludes halogenated alkanes) is 2. The van der Waals surface area contributed by atoms with Gasteiger partial charge in [0.25, 0.3) is 0 Å². The van der Waals surface area contributed by atoms with E-state index in [4.69, 9.17) is 0 Å². The predicted molar refractivity (Wildman–Crippen MR) is 89.8 cm³/mol. The van der Waals surface area contributed by atoms with Crippen molar-refractivity contribution in [3.63, 3.8) is 0 Å². The molecule has 0 aliphatic rings. The van der Waals surface area contributed by atoms with Crippen LogP contribution in [0.4, 0.5) is 5.69 Å². The van der Waals surface area contributed by atoms with Crippen LogP contribution in [-0.2, 0) is 6.42 Å². The molecular weight excluding hydrogens is 258 g/mol. The molecule has 0 aromatic heterocycles. The molecule has 2 rings (SSSR count). The van der Waals surface area contributed by atoms with E-state index in [-0.39, 0.29) is 6.04 Å². The second-order valence-electron chi connectivity index (χ2n) is 5.62. The molecule has 0 radical (unpaired) electrons. The molecule has 1 unspecified atom stereocenters. The Morgan fingerprint density at radius 2 is 1.81 bits per heavy atom. The van der Waals surface area contributed by atoms with E-state index in [9.17, 15) is 5.11 Å². The van der Waals surface area contributed by atoms with Crippen LogP contribution in [0.1, 0.15) is 50.3 Å². The highest BCUT2D eigenvalue weighted by Gasteiger charge is 2.05. The van der Waals surface area contributed by atoms with Crippen molar-refractivity contribution in [3.8, 4) is 5.75 Å². The third-order valence-electron chi connectivity index (χ3n) is 3.78. The van der Waals surface area contributed by atoms with Gasteiger partial charge in [-0.2, -0.15) is 0 Å². The van der Waals surface area contributed by atoms with Crippen molar-refractivity contribution in [2.45, 2.75) is 45.6 Å². The topological polar surface area (TPSA) is 32.3 Å². The van der Waals surface area contributed by atoms with Gasteiger partial charge in [0.15, 0.2) is 0 Å². The van der Waals surface area contributed by atoms with Gasteiger partial charge in [-0.15, -0.1) is 0 Å². The summed E-state index contributed by atoms with van der Waals surface area (Å²) in [4.78, 5) is 0. The van der Waals surface area contributed by atoms with Crippen LogP contribution >= 0.6 is 0 Å². The predicted octanol–water partition coefficient (Wildman–Crippen LogP) is 5.30. The zero-order valence-corrected chi connectivity index (χ0v) is 13.0. The Hall–Kier alpha value is -1.96. The molecule has 0 heterocycles. The first-order valence-electron chi connectivity index (χ1n) is 7.83. The van der Waals surface area contributed by atoms with Crippen LogP contribution in [0.15, 0.2) is 48.5 Å². The summed E-state index contributed by atoms with van der Waals surface area (Å²) in [7, 11) is 0. The van der Waals surface area contributed by atoms with Crippen LogP contribution in [-0.4, -0.2) is 5.11 Å². The number of aryl methyl sites for hydroxylation is 1. The molecule has 0 aliphatic carbocycles. The molecule has 0 saturated heterocycles. The molecule has 2 aromatic carbocycles. The second-order valence-corrected chi connectivity index (χ2v) is 5.62. The van der Waals surface area contributed by atoms with E-state index >= 15 is 0 Å². The minimum Gasteiger partial charge on any atom is -0.508 e. The van der Waals surface area contributed by atoms with Gasteiger partial charge in [0.1, 0.15) is 5.75 Å². The van der Waals surface area contributed by atoms with E-state index in [0.717, 1.165) is 17.7 Å². The van der Waals surface area contributed by atoms with Crippen LogP contribution in [0.3, 0.4) is 0 Å². The largest absolute Gasteiger partial charge is 0.508 e. The average Bonchev–Trinajstić information content (AvgIpc) is 2.49. The molecule has 0 aliphatic heterocycles. The summed E-state index contributed by atoms with van der Waals surface area (Å²) in [5.41, 5.74) is 3.60. The lowest BCUT2D eigenvalue weighted by atomic mass is 10.1. The van der Waals surface area contributed by atoms with E-state index in [1.54, 1.807) is 12.1 Å². The van der Waals surface area contributed by atoms with Gasteiger partial charge in [-0.1, -0.05) is 44.0 Å². The second kappa shape index (κ2) is 7.72. The summed E-state index contributed by atoms with van der Waals surface area (Å²) in [5, 5.41) is 13.0. The van der Waals surface area contributed by atoms with Crippen LogP contribution < -0.4 is 5.32 Å². The van der Waals surface area contributed by atoms with Crippen molar-refractivity contribution in [1.82, 2.24) is 0 Å². The first-order chi connectivity index (χ1) is 10.2. The summed E-state index contributed by atoms with van der Waals surface area (Å²) in [6, 6.07) is 16.2. The molecule has 2 nitrogen and oxygen atoms in total. The molecule has 0 bridgehead atoms. The molecule has 0 saturated carbocycles. The molecule has 0 fully saturated rings. The lowest BCUT2D eigenvalue weighted by Crippen LogP contribution is -2.06. The molecule has 112 valence electrons. The van der Waals surface area contributed by atoms with Gasteiger partial charge in [-0.25, -0.2) is 0 Å². The maximum Gasteiger partial charge on any atom is 0.115 e. The van der Waals surface area contributed by atoms with Crippen molar-refractivity contribution in [1.29, 1.82) is 0 Å². The zero-order valence-electron chi connectivity index (χ0n) is 13.0. The van der Waals surface area contributed by atoms with Gasteiger partial charge in [-0.05, 0) is 55.2 Å². The Bertz CT molecular complexity index is 548. The summed E-state index contributed by atoms with van der Waals surface area (Å²) in [6.07, 6.45) is 4.99. The number of nitrogens with one attached hydrogen (secondary N) is 1. The SMILES string of the molecule is CCCCCc1ccc(NC(C)c2cccc(O)c2)cc1. The van der Waals surface area contributed by atoms with Gasteiger partial charge >= 0.3 is 0 Å². The van der Waals surface area contributed by atoms with Crippen molar-refractivity contribution in [3.05, 3.63) is 59.7 Å². The average molecular weight is 283 g/mol. The minimum absolute atomic E-state index is 0.169. The standard InChI is InChI=1S/C19H25NO/c1-3-4-5-7-16-10-12-18(13-11-16)20-15(2)17-8-6-9-19(21)14-17/h6,8-15,20-21H,3-5,7H2,1-2H3. The Morgan fingerprint density at radius 1 is 1.05 bits per heavy atom. The number of anilines is 1. The third-order valence-corrected chi connectivity index (χ3v) is 3.78. The number of rotatable bonds is 7. The summed E-state index contributed by atoms with van der Waals surface area (Å²) in [6.45, 7) is 4.33. The Labute approximate surface area is 127 Å². The number of hydrogen-bond acceptors (Lipinski definition) is 2. The molecule has 0 amide bonds. The van der Waals surface area contributed by atoms with Crippen molar-refractivity contribution in [2.75, 3.05) is 5.32 Å². The minimum atomic E-state index is 0.169. The third kappa shape index (κ3) is 4.82. The Kier molecular flexibility index (Phi) is 5.68. The summed E-state index contributed by atoms with van der Waals surface area (Å²) >= 11 is 0. The van der Waals surface area contributed by atoms with E-state index in [1.807, 2.05) is 12.1 Å². The highest BCUT2D eigenvalue weighted by molar-refractivity contribution is 5.47. The fraction of sp³-hybridized carbons (Fsp3) is 0.368. The summed E-state index contributed by atoms with van der Waals surface area (Å²) < 4.78 is 0. The number of benzene rings is 2. The maximum atomic E-state index is 9.54. The Morgan fingerprint density at radius 3 is 2.48 bits per heavy atom. The van der Waals surface area contributed by atoms with Crippen molar-refractivity contribution < 1.29 is 5.11 Å². The van der Waals surface area contributed by atoms with E-state index in [0.29, 0.717) is 5.75 Å². The normalized spacial score (nSPS) is 12.1. The molecule has 21 heavy (non-hydrogen) atoms. The van der Waals surface area contributed by atoms with Crippen molar-refractivity contribution >= 4 is 5.69 Å². The maximum absolute atomic E-state index is 9.54. The zero-order chi connectivity index (χ0) is 15.1. The number of phenols is 1. The van der Waals surface area contributed by atoms with Gasteiger partial charge in [0.2, 0.25) is 0 Å². The van der Waals surface area contributed by atoms with Crippen LogP contribution in [0, 0.1) is 0 Å². The highest BCUT2D eigenvalue weighted by Crippen LogP contribution is 2.22. The van der Waals surface area contributed by atoms with Crippen LogP contribution in [0.2, 0.25) is 0 Å². The highest BCUT2D eigenvalue weighted by atomic mass is 16.3. The summed E-state index contributed by atoms with van der Waals surface area (Å²) in [5.74, 6) is 0.312. The molecular formula is C19H25NO. The van der Waals surface area contributed by atoms with Gasteiger partial charge in [0.05, 0.1) is 0 Å². The molecule has 1 atom stereocenters. The lowest BCUT2D eigenvalue weighted by molar-refractivity contribution is 0.474.